The van der Waals surface area contributed by atoms with Gasteiger partial charge in [-0.1, -0.05) is 22.4 Å². The Morgan fingerprint density at radius 2 is 2.29 bits per heavy atom. The topological polar surface area (TPSA) is 32.3 Å². The fourth-order valence-electron chi connectivity index (χ4n) is 2.30. The van der Waals surface area contributed by atoms with Crippen molar-refractivity contribution in [2.75, 3.05) is 11.9 Å². The highest BCUT2D eigenvalue weighted by atomic mass is 79.9. The summed E-state index contributed by atoms with van der Waals surface area (Å²) in [5, 5.41) is 3.03. The molecule has 0 spiro atoms. The van der Waals surface area contributed by atoms with Gasteiger partial charge in [0.2, 0.25) is 5.91 Å². The molecule has 1 aromatic rings. The highest BCUT2D eigenvalue weighted by Crippen LogP contribution is 2.38. The van der Waals surface area contributed by atoms with E-state index < -0.39 is 0 Å². The molecule has 0 bridgehead atoms. The highest BCUT2D eigenvalue weighted by molar-refractivity contribution is 9.10. The number of rotatable bonds is 0. The summed E-state index contributed by atoms with van der Waals surface area (Å²) >= 11 is 5.14. The van der Waals surface area contributed by atoms with Crippen molar-refractivity contribution in [1.82, 2.24) is 4.31 Å². The smallest absolute Gasteiger partial charge is 0.242 e. The number of hydrogen-bond donors (Lipinski definition) is 1. The van der Waals surface area contributed by atoms with Crippen molar-refractivity contribution < 1.29 is 4.79 Å². The Kier molecular flexibility index (Phi) is 3.15. The monoisotopic (exact) mass is 312 g/mol. The van der Waals surface area contributed by atoms with E-state index in [1.807, 2.05) is 12.1 Å². The first-order chi connectivity index (χ1) is 8.24. The van der Waals surface area contributed by atoms with Crippen molar-refractivity contribution >= 4 is 39.5 Å². The second-order valence-electron chi connectivity index (χ2n) is 4.37. The van der Waals surface area contributed by atoms with Crippen LogP contribution in [-0.2, 0) is 4.79 Å². The molecule has 0 saturated carbocycles. The zero-order chi connectivity index (χ0) is 11.8. The average Bonchev–Trinajstić information content (AvgIpc) is 2.46. The van der Waals surface area contributed by atoms with Gasteiger partial charge >= 0.3 is 0 Å². The first-order valence-electron chi connectivity index (χ1n) is 5.79. The van der Waals surface area contributed by atoms with Crippen LogP contribution in [0.1, 0.15) is 19.3 Å². The van der Waals surface area contributed by atoms with Gasteiger partial charge in [0.25, 0.3) is 0 Å². The normalized spacial score (nSPS) is 24.5. The van der Waals surface area contributed by atoms with Gasteiger partial charge < -0.3 is 5.32 Å². The maximum absolute atomic E-state index is 12.1. The number of anilines is 1. The summed E-state index contributed by atoms with van der Waals surface area (Å²) in [7, 11) is 0. The van der Waals surface area contributed by atoms with Crippen molar-refractivity contribution in [3.8, 4) is 0 Å². The third-order valence-corrected chi connectivity index (χ3v) is 4.89. The molecular weight excluding hydrogens is 300 g/mol. The molecule has 3 nitrogen and oxygen atoms in total. The van der Waals surface area contributed by atoms with E-state index in [2.05, 4.69) is 31.6 Å². The number of nitrogens with one attached hydrogen (secondary N) is 1. The van der Waals surface area contributed by atoms with E-state index >= 15 is 0 Å². The second kappa shape index (κ2) is 4.63. The molecule has 2 heterocycles. The van der Waals surface area contributed by atoms with Crippen LogP contribution < -0.4 is 5.32 Å². The Balaban J connectivity index is 1.97. The van der Waals surface area contributed by atoms with E-state index in [0.29, 0.717) is 0 Å². The number of piperidine rings is 1. The summed E-state index contributed by atoms with van der Waals surface area (Å²) in [6, 6.07) is 6.07. The van der Waals surface area contributed by atoms with Crippen molar-refractivity contribution in [2.45, 2.75) is 30.2 Å². The number of benzene rings is 1. The molecule has 2 aliphatic heterocycles. The molecule has 3 rings (SSSR count). The number of hydrogen-bond acceptors (Lipinski definition) is 3. The molecule has 0 radical (unpaired) electrons. The summed E-state index contributed by atoms with van der Waals surface area (Å²) in [4.78, 5) is 13.3. The summed E-state index contributed by atoms with van der Waals surface area (Å²) in [6.45, 7) is 0.998. The average molecular weight is 313 g/mol. The molecule has 17 heavy (non-hydrogen) atoms. The summed E-state index contributed by atoms with van der Waals surface area (Å²) in [5.74, 6) is 0.133. The van der Waals surface area contributed by atoms with Crippen molar-refractivity contribution in [3.05, 3.63) is 22.7 Å². The van der Waals surface area contributed by atoms with Gasteiger partial charge in [-0.25, -0.2) is 4.31 Å². The molecule has 1 fully saturated rings. The fraction of sp³-hybridized carbons (Fsp3) is 0.417. The zero-order valence-electron chi connectivity index (χ0n) is 9.28. The fourth-order valence-corrected chi connectivity index (χ4v) is 3.80. The van der Waals surface area contributed by atoms with Crippen LogP contribution >= 0.6 is 27.9 Å². The number of fused-ring (bicyclic) bond motifs is 2. The van der Waals surface area contributed by atoms with Gasteiger partial charge in [-0.15, -0.1) is 0 Å². The Labute approximate surface area is 113 Å². The zero-order valence-corrected chi connectivity index (χ0v) is 11.7. The van der Waals surface area contributed by atoms with Gasteiger partial charge in [0.15, 0.2) is 0 Å². The maximum atomic E-state index is 12.1. The van der Waals surface area contributed by atoms with Gasteiger partial charge in [-0.3, -0.25) is 4.79 Å². The molecule has 1 amide bonds. The van der Waals surface area contributed by atoms with Crippen molar-refractivity contribution in [2.24, 2.45) is 0 Å². The van der Waals surface area contributed by atoms with Gasteiger partial charge in [0.1, 0.15) is 0 Å². The van der Waals surface area contributed by atoms with Crippen LogP contribution in [0.2, 0.25) is 0 Å². The first-order valence-corrected chi connectivity index (χ1v) is 7.36. The molecule has 1 saturated heterocycles. The Morgan fingerprint density at radius 3 is 3.18 bits per heavy atom. The molecule has 1 aromatic carbocycles. The lowest BCUT2D eigenvalue weighted by atomic mass is 10.0. The molecule has 5 heteroatoms. The number of amides is 1. The molecule has 1 N–H and O–H groups in total. The summed E-state index contributed by atoms with van der Waals surface area (Å²) in [5.41, 5.74) is 0.920. The summed E-state index contributed by atoms with van der Waals surface area (Å²) in [6.07, 6.45) is 3.30. The number of carbonyl (C=O) groups is 1. The van der Waals surface area contributed by atoms with Crippen molar-refractivity contribution in [1.29, 1.82) is 0 Å². The standard InChI is InChI=1S/C12H13BrN2OS/c13-8-4-5-11-9(7-8)14-12(16)10-3-1-2-6-15(10)17-11/h4-5,7,10H,1-3,6H2,(H,14,16). The minimum Gasteiger partial charge on any atom is -0.324 e. The lowest BCUT2D eigenvalue weighted by Gasteiger charge is -2.30. The van der Waals surface area contributed by atoms with Crippen LogP contribution in [-0.4, -0.2) is 22.8 Å². The number of nitrogens with zero attached hydrogens (tertiary/aromatic N) is 1. The van der Waals surface area contributed by atoms with Gasteiger partial charge in [-0.2, -0.15) is 0 Å². The largest absolute Gasteiger partial charge is 0.324 e. The molecule has 90 valence electrons. The third kappa shape index (κ3) is 2.23. The molecule has 1 unspecified atom stereocenters. The highest BCUT2D eigenvalue weighted by Gasteiger charge is 2.32. The summed E-state index contributed by atoms with van der Waals surface area (Å²) < 4.78 is 3.22. The van der Waals surface area contributed by atoms with Crippen molar-refractivity contribution in [3.63, 3.8) is 0 Å². The minimum absolute atomic E-state index is 0.0277. The SMILES string of the molecule is O=C1Nc2cc(Br)ccc2SN2CCCCC12. The first kappa shape index (κ1) is 11.6. The number of halogens is 1. The van der Waals surface area contributed by atoms with Crippen LogP contribution in [0.5, 0.6) is 0 Å². The van der Waals surface area contributed by atoms with E-state index in [4.69, 9.17) is 0 Å². The molecule has 0 aromatic heterocycles. The van der Waals surface area contributed by atoms with E-state index in [1.54, 1.807) is 11.9 Å². The van der Waals surface area contributed by atoms with Crippen LogP contribution in [0.15, 0.2) is 27.6 Å². The van der Waals surface area contributed by atoms with Crippen LogP contribution in [0, 0.1) is 0 Å². The second-order valence-corrected chi connectivity index (χ2v) is 6.38. The Hall–Kier alpha value is -0.520. The van der Waals surface area contributed by atoms with E-state index in [-0.39, 0.29) is 11.9 Å². The van der Waals surface area contributed by atoms with Crippen LogP contribution in [0.3, 0.4) is 0 Å². The van der Waals surface area contributed by atoms with E-state index in [9.17, 15) is 4.79 Å². The van der Waals surface area contributed by atoms with E-state index in [1.165, 1.54) is 6.42 Å². The predicted molar refractivity (Wildman–Crippen MR) is 73.0 cm³/mol. The van der Waals surface area contributed by atoms with Crippen LogP contribution in [0.4, 0.5) is 5.69 Å². The lowest BCUT2D eigenvalue weighted by Crippen LogP contribution is -2.41. The predicted octanol–water partition coefficient (Wildman–Crippen LogP) is 3.26. The Bertz CT molecular complexity index is 466. The van der Waals surface area contributed by atoms with Crippen LogP contribution in [0.25, 0.3) is 0 Å². The molecule has 0 aliphatic carbocycles. The maximum Gasteiger partial charge on any atom is 0.242 e. The quantitative estimate of drug-likeness (QED) is 0.746. The van der Waals surface area contributed by atoms with Gasteiger partial charge in [0, 0.05) is 15.9 Å². The van der Waals surface area contributed by atoms with E-state index in [0.717, 1.165) is 34.4 Å². The lowest BCUT2D eigenvalue weighted by molar-refractivity contribution is -0.120. The molecule has 1 atom stereocenters. The third-order valence-electron chi connectivity index (χ3n) is 3.17. The van der Waals surface area contributed by atoms with Gasteiger partial charge in [-0.05, 0) is 43.0 Å². The minimum atomic E-state index is 0.0277. The molecular formula is C12H13BrN2OS. The Morgan fingerprint density at radius 1 is 1.41 bits per heavy atom. The number of carbonyl (C=O) groups excluding carboxylic acids is 1. The molecule has 2 aliphatic rings. The van der Waals surface area contributed by atoms with Gasteiger partial charge in [0.05, 0.1) is 11.7 Å².